The second-order valence-corrected chi connectivity index (χ2v) is 5.28. The molecule has 1 aliphatic heterocycles. The summed E-state index contributed by atoms with van der Waals surface area (Å²) in [7, 11) is 1.45. The van der Waals surface area contributed by atoms with Crippen LogP contribution >= 0.6 is 11.5 Å². The summed E-state index contributed by atoms with van der Waals surface area (Å²) in [5, 5.41) is 0.937. The summed E-state index contributed by atoms with van der Waals surface area (Å²) in [5.74, 6) is 0.776. The summed E-state index contributed by atoms with van der Waals surface area (Å²) in [6.45, 7) is 3.77. The lowest BCUT2D eigenvalue weighted by Crippen LogP contribution is -2.39. The molecule has 1 fully saturated rings. The van der Waals surface area contributed by atoms with E-state index in [4.69, 9.17) is 4.74 Å². The van der Waals surface area contributed by atoms with Crippen molar-refractivity contribution in [1.82, 2.24) is 9.36 Å². The fraction of sp³-hybridized carbons (Fsp3) is 0.750. The average molecular weight is 269 g/mol. The number of nitrogens with zero attached hydrogens (tertiary/aromatic N) is 3. The zero-order valence-corrected chi connectivity index (χ0v) is 11.7. The fourth-order valence-electron chi connectivity index (χ4n) is 2.21. The van der Waals surface area contributed by atoms with Gasteiger partial charge in [0.05, 0.1) is 13.0 Å². The second-order valence-electron chi connectivity index (χ2n) is 4.55. The Kier molecular flexibility index (Phi) is 4.52. The van der Waals surface area contributed by atoms with Gasteiger partial charge in [0.25, 0.3) is 0 Å². The highest BCUT2D eigenvalue weighted by atomic mass is 32.1. The number of methoxy groups -OCH3 is 1. The number of aromatic nitrogens is 2. The van der Waals surface area contributed by atoms with E-state index in [0.29, 0.717) is 6.54 Å². The van der Waals surface area contributed by atoms with Crippen molar-refractivity contribution in [2.45, 2.75) is 32.6 Å². The number of carbonyl (C=O) groups excluding carboxylic acids is 1. The summed E-state index contributed by atoms with van der Waals surface area (Å²) in [6, 6.07) is 0. The molecule has 1 aromatic heterocycles. The topological polar surface area (TPSA) is 55.3 Å². The van der Waals surface area contributed by atoms with Gasteiger partial charge in [0, 0.05) is 31.0 Å². The van der Waals surface area contributed by atoms with Crippen molar-refractivity contribution in [2.24, 2.45) is 5.92 Å². The number of anilines is 1. The molecule has 0 N–H and O–H groups in total. The number of hydrogen-bond donors (Lipinski definition) is 0. The number of piperidine rings is 1. The minimum Gasteiger partial charge on any atom is -0.469 e. The second kappa shape index (κ2) is 6.13. The molecule has 0 amide bonds. The van der Waals surface area contributed by atoms with Crippen LogP contribution < -0.4 is 4.90 Å². The van der Waals surface area contributed by atoms with Gasteiger partial charge in [-0.25, -0.2) is 4.98 Å². The molecule has 0 spiro atoms. The van der Waals surface area contributed by atoms with Crippen molar-refractivity contribution in [3.05, 3.63) is 5.82 Å². The first-order chi connectivity index (χ1) is 8.74. The minimum atomic E-state index is -0.113. The van der Waals surface area contributed by atoms with Crippen molar-refractivity contribution in [3.8, 4) is 0 Å². The van der Waals surface area contributed by atoms with Gasteiger partial charge in [-0.3, -0.25) is 4.79 Å². The summed E-state index contributed by atoms with van der Waals surface area (Å²) in [4.78, 5) is 18.2. The Hall–Kier alpha value is -1.17. The van der Waals surface area contributed by atoms with Crippen molar-refractivity contribution < 1.29 is 9.53 Å². The highest BCUT2D eigenvalue weighted by Gasteiger charge is 2.28. The number of ether oxygens (including phenoxy) is 1. The van der Waals surface area contributed by atoms with E-state index >= 15 is 0 Å². The van der Waals surface area contributed by atoms with E-state index < -0.39 is 0 Å². The van der Waals surface area contributed by atoms with Crippen LogP contribution in [0.4, 0.5) is 5.13 Å². The Bertz CT molecular complexity index is 408. The lowest BCUT2D eigenvalue weighted by molar-refractivity contribution is -0.145. The number of hydrogen-bond acceptors (Lipinski definition) is 6. The number of rotatable bonds is 4. The first-order valence-corrected chi connectivity index (χ1v) is 7.17. The summed E-state index contributed by atoms with van der Waals surface area (Å²) < 4.78 is 9.16. The Morgan fingerprint density at radius 3 is 3.17 bits per heavy atom. The Morgan fingerprint density at radius 1 is 1.61 bits per heavy atom. The van der Waals surface area contributed by atoms with Crippen LogP contribution in [-0.2, 0) is 16.0 Å². The van der Waals surface area contributed by atoms with E-state index in [-0.39, 0.29) is 11.9 Å². The molecule has 1 atom stereocenters. The minimum absolute atomic E-state index is 0.0257. The van der Waals surface area contributed by atoms with Crippen molar-refractivity contribution in [3.63, 3.8) is 0 Å². The molecule has 1 unspecified atom stereocenters. The molecule has 18 heavy (non-hydrogen) atoms. The van der Waals surface area contributed by atoms with E-state index in [1.165, 1.54) is 18.6 Å². The third-order valence-electron chi connectivity index (χ3n) is 3.16. The molecule has 5 nitrogen and oxygen atoms in total. The molecular formula is C12H19N3O2S. The molecule has 0 aliphatic carbocycles. The van der Waals surface area contributed by atoms with Crippen LogP contribution in [0.1, 0.15) is 32.0 Å². The maximum Gasteiger partial charge on any atom is 0.310 e. The quantitative estimate of drug-likeness (QED) is 0.781. The fourth-order valence-corrected chi connectivity index (χ4v) is 2.95. The van der Waals surface area contributed by atoms with Crippen LogP contribution in [0.25, 0.3) is 0 Å². The lowest BCUT2D eigenvalue weighted by Gasteiger charge is -2.30. The van der Waals surface area contributed by atoms with Gasteiger partial charge in [-0.2, -0.15) is 4.37 Å². The Balaban J connectivity index is 2.01. The van der Waals surface area contributed by atoms with Crippen LogP contribution in [-0.4, -0.2) is 35.5 Å². The highest BCUT2D eigenvalue weighted by molar-refractivity contribution is 7.09. The molecular weight excluding hydrogens is 250 g/mol. The zero-order chi connectivity index (χ0) is 13.0. The third kappa shape index (κ3) is 2.98. The summed E-state index contributed by atoms with van der Waals surface area (Å²) in [6.07, 6.45) is 3.89. The van der Waals surface area contributed by atoms with Gasteiger partial charge >= 0.3 is 5.97 Å². The third-order valence-corrected chi connectivity index (χ3v) is 3.97. The molecule has 0 aromatic carbocycles. The van der Waals surface area contributed by atoms with Gasteiger partial charge in [0.15, 0.2) is 0 Å². The van der Waals surface area contributed by atoms with Crippen LogP contribution in [0.2, 0.25) is 0 Å². The van der Waals surface area contributed by atoms with Crippen molar-refractivity contribution >= 4 is 22.6 Å². The van der Waals surface area contributed by atoms with Crippen LogP contribution in [0, 0.1) is 5.92 Å². The van der Waals surface area contributed by atoms with E-state index in [2.05, 4.69) is 21.2 Å². The van der Waals surface area contributed by atoms with E-state index in [9.17, 15) is 4.79 Å². The van der Waals surface area contributed by atoms with Crippen LogP contribution in [0.5, 0.6) is 0 Å². The molecule has 1 saturated heterocycles. The Labute approximate surface area is 111 Å². The van der Waals surface area contributed by atoms with Gasteiger partial charge < -0.3 is 9.64 Å². The van der Waals surface area contributed by atoms with Crippen molar-refractivity contribution in [2.75, 3.05) is 25.1 Å². The predicted octanol–water partition coefficient (Wildman–Crippen LogP) is 1.88. The van der Waals surface area contributed by atoms with Crippen LogP contribution in [0.15, 0.2) is 0 Å². The van der Waals surface area contributed by atoms with Gasteiger partial charge in [-0.1, -0.05) is 6.92 Å². The predicted molar refractivity (Wildman–Crippen MR) is 70.9 cm³/mol. The molecule has 2 heterocycles. The first-order valence-electron chi connectivity index (χ1n) is 6.40. The molecule has 100 valence electrons. The van der Waals surface area contributed by atoms with Gasteiger partial charge in [0.1, 0.15) is 5.82 Å². The highest BCUT2D eigenvalue weighted by Crippen LogP contribution is 2.25. The Morgan fingerprint density at radius 2 is 2.44 bits per heavy atom. The standard InChI is InChI=1S/C12H19N3O2S/c1-3-5-10-13-12(18-14-10)15-7-4-6-9(8-15)11(16)17-2/h9H,3-8H2,1-2H3. The molecule has 2 rings (SSSR count). The molecule has 1 aliphatic rings. The molecule has 0 saturated carbocycles. The summed E-state index contributed by atoms with van der Waals surface area (Å²) in [5.41, 5.74) is 0. The van der Waals surface area contributed by atoms with Crippen LogP contribution in [0.3, 0.4) is 0 Å². The van der Waals surface area contributed by atoms with E-state index in [0.717, 1.165) is 43.2 Å². The maximum atomic E-state index is 11.6. The SMILES string of the molecule is CCCc1nsc(N2CCCC(C(=O)OC)C2)n1. The smallest absolute Gasteiger partial charge is 0.310 e. The lowest BCUT2D eigenvalue weighted by atomic mass is 9.99. The summed E-state index contributed by atoms with van der Waals surface area (Å²) >= 11 is 1.43. The normalized spacial score (nSPS) is 19.9. The molecule has 6 heteroatoms. The van der Waals surface area contributed by atoms with Crippen molar-refractivity contribution in [1.29, 1.82) is 0 Å². The molecule has 1 aromatic rings. The zero-order valence-electron chi connectivity index (χ0n) is 10.9. The maximum absolute atomic E-state index is 11.6. The average Bonchev–Trinajstić information content (AvgIpc) is 2.87. The van der Waals surface area contributed by atoms with E-state index in [1.807, 2.05) is 0 Å². The van der Waals surface area contributed by atoms with Gasteiger partial charge in [-0.05, 0) is 19.3 Å². The number of carbonyl (C=O) groups is 1. The monoisotopic (exact) mass is 269 g/mol. The first kappa shape index (κ1) is 13.3. The molecule has 0 bridgehead atoms. The largest absolute Gasteiger partial charge is 0.469 e. The number of aryl methyl sites for hydroxylation is 1. The molecule has 0 radical (unpaired) electrons. The number of esters is 1. The van der Waals surface area contributed by atoms with Gasteiger partial charge in [0.2, 0.25) is 5.13 Å². The van der Waals surface area contributed by atoms with Gasteiger partial charge in [-0.15, -0.1) is 0 Å². The van der Waals surface area contributed by atoms with E-state index in [1.54, 1.807) is 0 Å².